The molecule has 5 heteroatoms. The minimum absolute atomic E-state index is 0.556. The van der Waals surface area contributed by atoms with Crippen LogP contribution in [-0.2, 0) is 0 Å². The average Bonchev–Trinajstić information content (AvgIpc) is 2.86. The van der Waals surface area contributed by atoms with Crippen LogP contribution in [0.15, 0.2) is 30.3 Å². The van der Waals surface area contributed by atoms with E-state index < -0.39 is 0 Å². The zero-order valence-electron chi connectivity index (χ0n) is 11.0. The van der Waals surface area contributed by atoms with Gasteiger partial charge in [0, 0.05) is 22.7 Å². The summed E-state index contributed by atoms with van der Waals surface area (Å²) in [6.07, 6.45) is 0. The number of ether oxygens (including phenoxy) is 1. The number of hydrogen-bond donors (Lipinski definition) is 1. The maximum Gasteiger partial charge on any atom is 0.138 e. The minimum Gasteiger partial charge on any atom is -0.497 e. The standard InChI is InChI=1S/C15H12Cl2N2O/c1-8-3-4-9(5-11(8)16)15-18-13-7-10(20-2)6-12(17)14(13)19-15/h3-7H,1-2H3,(H,18,19). The summed E-state index contributed by atoms with van der Waals surface area (Å²) in [4.78, 5) is 7.77. The Balaban J connectivity index is 2.17. The molecule has 0 aliphatic heterocycles. The van der Waals surface area contributed by atoms with Crippen LogP contribution in [0.3, 0.4) is 0 Å². The van der Waals surface area contributed by atoms with Crippen molar-refractivity contribution < 1.29 is 4.74 Å². The molecule has 0 saturated carbocycles. The zero-order valence-corrected chi connectivity index (χ0v) is 12.5. The molecule has 1 aromatic heterocycles. The number of fused-ring (bicyclic) bond motifs is 1. The normalized spacial score (nSPS) is 11.0. The number of imidazole rings is 1. The highest BCUT2D eigenvalue weighted by Crippen LogP contribution is 2.31. The number of rotatable bonds is 2. The smallest absolute Gasteiger partial charge is 0.138 e. The molecule has 20 heavy (non-hydrogen) atoms. The first kappa shape index (κ1) is 13.3. The lowest BCUT2D eigenvalue weighted by Crippen LogP contribution is -1.82. The monoisotopic (exact) mass is 306 g/mol. The van der Waals surface area contributed by atoms with Gasteiger partial charge in [0.1, 0.15) is 17.1 Å². The summed E-state index contributed by atoms with van der Waals surface area (Å²) in [6.45, 7) is 1.96. The minimum atomic E-state index is 0.556. The highest BCUT2D eigenvalue weighted by molar-refractivity contribution is 6.35. The molecule has 3 aromatic rings. The first-order valence-corrected chi connectivity index (χ1v) is 6.84. The topological polar surface area (TPSA) is 37.9 Å². The number of halogens is 2. The number of H-pyrrole nitrogens is 1. The summed E-state index contributed by atoms with van der Waals surface area (Å²) in [5, 5.41) is 1.27. The lowest BCUT2D eigenvalue weighted by Gasteiger charge is -2.00. The Morgan fingerprint density at radius 2 is 1.90 bits per heavy atom. The van der Waals surface area contributed by atoms with Gasteiger partial charge in [0.25, 0.3) is 0 Å². The van der Waals surface area contributed by atoms with Gasteiger partial charge in [-0.1, -0.05) is 35.3 Å². The molecule has 3 rings (SSSR count). The molecule has 102 valence electrons. The van der Waals surface area contributed by atoms with Crippen molar-refractivity contribution in [3.05, 3.63) is 45.9 Å². The third-order valence-corrected chi connectivity index (χ3v) is 3.89. The Kier molecular flexibility index (Phi) is 3.32. The Hall–Kier alpha value is -1.71. The number of aryl methyl sites for hydroxylation is 1. The number of hydrogen-bond acceptors (Lipinski definition) is 2. The maximum absolute atomic E-state index is 6.21. The van der Waals surface area contributed by atoms with Crippen LogP contribution >= 0.6 is 23.2 Å². The van der Waals surface area contributed by atoms with E-state index in [0.29, 0.717) is 15.8 Å². The van der Waals surface area contributed by atoms with E-state index in [9.17, 15) is 0 Å². The van der Waals surface area contributed by atoms with E-state index in [1.165, 1.54) is 0 Å². The molecule has 0 spiro atoms. The summed E-state index contributed by atoms with van der Waals surface area (Å²) in [6, 6.07) is 9.45. The van der Waals surface area contributed by atoms with Crippen molar-refractivity contribution in [2.24, 2.45) is 0 Å². The van der Waals surface area contributed by atoms with Crippen molar-refractivity contribution in [3.63, 3.8) is 0 Å². The average molecular weight is 307 g/mol. The molecule has 0 unspecified atom stereocenters. The SMILES string of the molecule is COc1cc(Cl)c2nc(-c3ccc(C)c(Cl)c3)[nH]c2c1. The second-order valence-corrected chi connectivity index (χ2v) is 5.37. The third-order valence-electron chi connectivity index (χ3n) is 3.19. The first-order valence-electron chi connectivity index (χ1n) is 6.08. The molecule has 0 radical (unpaired) electrons. The molecule has 0 aliphatic carbocycles. The molecule has 0 amide bonds. The Morgan fingerprint density at radius 1 is 1.10 bits per heavy atom. The van der Waals surface area contributed by atoms with Gasteiger partial charge >= 0.3 is 0 Å². The van der Waals surface area contributed by atoms with Crippen molar-refractivity contribution >= 4 is 34.2 Å². The zero-order chi connectivity index (χ0) is 14.3. The van der Waals surface area contributed by atoms with Crippen molar-refractivity contribution in [3.8, 4) is 17.1 Å². The summed E-state index contributed by atoms with van der Waals surface area (Å²) in [5.74, 6) is 1.43. The van der Waals surface area contributed by atoms with Crippen molar-refractivity contribution in [2.75, 3.05) is 7.11 Å². The maximum atomic E-state index is 6.21. The van der Waals surface area contributed by atoms with E-state index >= 15 is 0 Å². The summed E-state index contributed by atoms with van der Waals surface area (Å²) in [5.41, 5.74) is 3.51. The van der Waals surface area contributed by atoms with Crippen LogP contribution in [0, 0.1) is 6.92 Å². The molecular formula is C15H12Cl2N2O. The van der Waals surface area contributed by atoms with Gasteiger partial charge in [0.2, 0.25) is 0 Å². The molecule has 0 atom stereocenters. The fourth-order valence-electron chi connectivity index (χ4n) is 2.05. The van der Waals surface area contributed by atoms with Gasteiger partial charge in [0.15, 0.2) is 0 Å². The molecule has 3 nitrogen and oxygen atoms in total. The number of aromatic nitrogens is 2. The Morgan fingerprint density at radius 3 is 2.60 bits per heavy atom. The number of nitrogens with one attached hydrogen (secondary N) is 1. The van der Waals surface area contributed by atoms with Gasteiger partial charge in [-0.15, -0.1) is 0 Å². The molecule has 1 N–H and O–H groups in total. The van der Waals surface area contributed by atoms with Crippen molar-refractivity contribution in [2.45, 2.75) is 6.92 Å². The van der Waals surface area contributed by atoms with E-state index in [4.69, 9.17) is 27.9 Å². The van der Waals surface area contributed by atoms with Gasteiger partial charge in [0.05, 0.1) is 17.6 Å². The lowest BCUT2D eigenvalue weighted by molar-refractivity contribution is 0.415. The van der Waals surface area contributed by atoms with Crippen LogP contribution in [0.5, 0.6) is 5.75 Å². The van der Waals surface area contributed by atoms with Crippen LogP contribution in [0.1, 0.15) is 5.56 Å². The van der Waals surface area contributed by atoms with E-state index in [0.717, 1.165) is 28.0 Å². The van der Waals surface area contributed by atoms with Crippen molar-refractivity contribution in [1.29, 1.82) is 0 Å². The molecular weight excluding hydrogens is 295 g/mol. The number of benzene rings is 2. The fraction of sp³-hybridized carbons (Fsp3) is 0.133. The van der Waals surface area contributed by atoms with Gasteiger partial charge < -0.3 is 9.72 Å². The van der Waals surface area contributed by atoms with Crippen LogP contribution in [0.2, 0.25) is 10.0 Å². The second kappa shape index (κ2) is 5.00. The van der Waals surface area contributed by atoms with Gasteiger partial charge in [-0.25, -0.2) is 4.98 Å². The highest BCUT2D eigenvalue weighted by atomic mass is 35.5. The van der Waals surface area contributed by atoms with Crippen LogP contribution in [-0.4, -0.2) is 17.1 Å². The Bertz CT molecular complexity index is 796. The summed E-state index contributed by atoms with van der Waals surface area (Å²) < 4.78 is 5.20. The highest BCUT2D eigenvalue weighted by Gasteiger charge is 2.11. The second-order valence-electron chi connectivity index (χ2n) is 4.55. The van der Waals surface area contributed by atoms with Crippen molar-refractivity contribution in [1.82, 2.24) is 9.97 Å². The predicted octanol–water partition coefficient (Wildman–Crippen LogP) is 4.85. The third kappa shape index (κ3) is 2.23. The molecule has 0 fully saturated rings. The molecule has 1 heterocycles. The number of methoxy groups -OCH3 is 1. The summed E-state index contributed by atoms with van der Waals surface area (Å²) >= 11 is 12.4. The quantitative estimate of drug-likeness (QED) is 0.734. The van der Waals surface area contributed by atoms with E-state index in [1.807, 2.05) is 31.2 Å². The molecule has 0 aliphatic rings. The van der Waals surface area contributed by atoms with Gasteiger partial charge in [-0.2, -0.15) is 0 Å². The lowest BCUT2D eigenvalue weighted by atomic mass is 10.1. The first-order chi connectivity index (χ1) is 9.58. The van der Waals surface area contributed by atoms with E-state index in [1.54, 1.807) is 13.2 Å². The number of nitrogens with zero attached hydrogens (tertiary/aromatic N) is 1. The van der Waals surface area contributed by atoms with E-state index in [2.05, 4.69) is 9.97 Å². The van der Waals surface area contributed by atoms with Crippen LogP contribution < -0.4 is 4.74 Å². The van der Waals surface area contributed by atoms with Gasteiger partial charge in [-0.3, -0.25) is 0 Å². The fourth-order valence-corrected chi connectivity index (χ4v) is 2.48. The predicted molar refractivity (Wildman–Crippen MR) is 82.8 cm³/mol. The summed E-state index contributed by atoms with van der Waals surface area (Å²) in [7, 11) is 1.61. The molecule has 0 saturated heterocycles. The molecule has 0 bridgehead atoms. The Labute approximate surface area is 126 Å². The van der Waals surface area contributed by atoms with Crippen LogP contribution in [0.25, 0.3) is 22.4 Å². The largest absolute Gasteiger partial charge is 0.497 e. The molecule has 2 aromatic carbocycles. The number of aromatic amines is 1. The van der Waals surface area contributed by atoms with E-state index in [-0.39, 0.29) is 0 Å². The van der Waals surface area contributed by atoms with Crippen LogP contribution in [0.4, 0.5) is 0 Å². The van der Waals surface area contributed by atoms with Gasteiger partial charge in [-0.05, 0) is 18.6 Å².